The van der Waals surface area contributed by atoms with Crippen LogP contribution in [0.4, 0.5) is 8.78 Å². The van der Waals surface area contributed by atoms with E-state index in [1.165, 1.54) is 32.1 Å². The van der Waals surface area contributed by atoms with Gasteiger partial charge in [-0.05, 0) is 31.7 Å². The van der Waals surface area contributed by atoms with Crippen molar-refractivity contribution in [3.8, 4) is 0 Å². The number of halogens is 2. The van der Waals surface area contributed by atoms with Crippen molar-refractivity contribution >= 4 is 11.9 Å². The molecule has 0 aromatic carbocycles. The van der Waals surface area contributed by atoms with E-state index in [4.69, 9.17) is 4.74 Å². The minimum absolute atomic E-state index is 0.399. The maximum Gasteiger partial charge on any atom is 0.303 e. The lowest BCUT2D eigenvalue weighted by atomic mass is 9.61. The van der Waals surface area contributed by atoms with Gasteiger partial charge in [-0.1, -0.05) is 0 Å². The Bertz CT molecular complexity index is 714. The molecule has 8 heteroatoms. The summed E-state index contributed by atoms with van der Waals surface area (Å²) < 4.78 is 34.3. The molecule has 1 aliphatic carbocycles. The van der Waals surface area contributed by atoms with Gasteiger partial charge in [0.1, 0.15) is 0 Å². The van der Waals surface area contributed by atoms with Crippen molar-refractivity contribution in [2.45, 2.75) is 43.5 Å². The molecule has 0 unspecified atom stereocenters. The van der Waals surface area contributed by atoms with Gasteiger partial charge in [-0.25, -0.2) is 14.3 Å². The van der Waals surface area contributed by atoms with Gasteiger partial charge in [0.05, 0.1) is 23.8 Å². The Morgan fingerprint density at radius 2 is 1.88 bits per heavy atom. The highest BCUT2D eigenvalue weighted by Crippen LogP contribution is 2.53. The molecule has 3 aliphatic heterocycles. The van der Waals surface area contributed by atoms with Crippen molar-refractivity contribution in [3.05, 3.63) is 17.7 Å². The minimum atomic E-state index is -2.99. The van der Waals surface area contributed by atoms with Crippen LogP contribution in [-0.2, 0) is 10.7 Å². The van der Waals surface area contributed by atoms with Gasteiger partial charge >= 0.3 is 5.92 Å². The molecule has 0 atom stereocenters. The molecule has 0 bridgehead atoms. The van der Waals surface area contributed by atoms with Crippen LogP contribution in [0.15, 0.2) is 11.1 Å². The average Bonchev–Trinajstić information content (AvgIpc) is 2.39. The summed E-state index contributed by atoms with van der Waals surface area (Å²) in [7, 11) is 0. The SMILES string of the molecule is Cc1nc(C(C)(F)F)ncc1SN1CC2(C1)CN(C1CC3(COC3)C1)C2. The zero-order valence-corrected chi connectivity index (χ0v) is 16.0. The van der Waals surface area contributed by atoms with Gasteiger partial charge in [0.2, 0.25) is 0 Å². The van der Waals surface area contributed by atoms with Crippen LogP contribution in [0.2, 0.25) is 0 Å². The lowest BCUT2D eigenvalue weighted by Gasteiger charge is -2.66. The largest absolute Gasteiger partial charge is 0.380 e. The van der Waals surface area contributed by atoms with Gasteiger partial charge in [0.15, 0.2) is 5.82 Å². The lowest BCUT2D eigenvalue weighted by molar-refractivity contribution is -0.211. The van der Waals surface area contributed by atoms with E-state index in [9.17, 15) is 8.78 Å². The number of aryl methyl sites for hydroxylation is 1. The van der Waals surface area contributed by atoms with Gasteiger partial charge in [0.25, 0.3) is 0 Å². The number of hydrogen-bond donors (Lipinski definition) is 0. The molecule has 0 radical (unpaired) electrons. The van der Waals surface area contributed by atoms with Crippen LogP contribution in [0.3, 0.4) is 0 Å². The number of ether oxygens (including phenoxy) is 1. The molecule has 5 rings (SSSR count). The molecule has 3 saturated heterocycles. The van der Waals surface area contributed by atoms with Gasteiger partial charge in [0, 0.05) is 56.2 Å². The summed E-state index contributed by atoms with van der Waals surface area (Å²) in [5.74, 6) is -3.39. The second-order valence-corrected chi connectivity index (χ2v) is 10.0. The fourth-order valence-corrected chi connectivity index (χ4v) is 5.99. The predicted octanol–water partition coefficient (Wildman–Crippen LogP) is 2.70. The van der Waals surface area contributed by atoms with E-state index >= 15 is 0 Å². The summed E-state index contributed by atoms with van der Waals surface area (Å²) >= 11 is 1.60. The van der Waals surface area contributed by atoms with E-state index in [0.717, 1.165) is 44.2 Å². The highest BCUT2D eigenvalue weighted by atomic mass is 32.2. The first-order chi connectivity index (χ1) is 12.3. The third-order valence-electron chi connectivity index (χ3n) is 6.33. The summed E-state index contributed by atoms with van der Waals surface area (Å²) in [5, 5.41) is 0. The molecule has 5 nitrogen and oxygen atoms in total. The first-order valence-corrected chi connectivity index (χ1v) is 10.0. The predicted molar refractivity (Wildman–Crippen MR) is 94.0 cm³/mol. The maximum atomic E-state index is 13.3. The minimum Gasteiger partial charge on any atom is -0.380 e. The van der Waals surface area contributed by atoms with Crippen LogP contribution in [0.5, 0.6) is 0 Å². The molecular weight excluding hydrogens is 358 g/mol. The monoisotopic (exact) mass is 382 g/mol. The third kappa shape index (κ3) is 2.77. The Labute approximate surface area is 156 Å². The Morgan fingerprint density at radius 1 is 1.19 bits per heavy atom. The molecule has 0 N–H and O–H groups in total. The quantitative estimate of drug-likeness (QED) is 0.746. The fraction of sp³-hybridized carbons (Fsp3) is 0.778. The number of likely N-dealkylation sites (tertiary alicyclic amines) is 1. The summed E-state index contributed by atoms with van der Waals surface area (Å²) in [6, 6.07) is 0.769. The Balaban J connectivity index is 1.11. The molecule has 2 spiro atoms. The number of aromatic nitrogens is 2. The van der Waals surface area contributed by atoms with Crippen molar-refractivity contribution in [2.75, 3.05) is 39.4 Å². The fourth-order valence-electron chi connectivity index (χ4n) is 4.76. The summed E-state index contributed by atoms with van der Waals surface area (Å²) in [5.41, 5.74) is 1.60. The van der Waals surface area contributed by atoms with Gasteiger partial charge < -0.3 is 4.74 Å². The number of nitrogens with zero attached hydrogens (tertiary/aromatic N) is 4. The number of alkyl halides is 2. The van der Waals surface area contributed by atoms with E-state index in [1.54, 1.807) is 18.9 Å². The van der Waals surface area contributed by atoms with E-state index in [-0.39, 0.29) is 0 Å². The van der Waals surface area contributed by atoms with E-state index in [0.29, 0.717) is 16.5 Å². The van der Waals surface area contributed by atoms with Crippen LogP contribution in [-0.4, -0.2) is 64.6 Å². The van der Waals surface area contributed by atoms with Crippen molar-refractivity contribution in [3.63, 3.8) is 0 Å². The molecule has 4 aliphatic rings. The van der Waals surface area contributed by atoms with Gasteiger partial charge in [-0.2, -0.15) is 8.78 Å². The summed E-state index contributed by atoms with van der Waals surface area (Å²) in [6.07, 6.45) is 4.16. The average molecular weight is 382 g/mol. The third-order valence-corrected chi connectivity index (χ3v) is 7.44. The smallest absolute Gasteiger partial charge is 0.303 e. The second kappa shape index (κ2) is 5.59. The Morgan fingerprint density at radius 3 is 2.42 bits per heavy atom. The Kier molecular flexibility index (Phi) is 3.72. The zero-order chi connectivity index (χ0) is 18.2. The highest BCUT2D eigenvalue weighted by molar-refractivity contribution is 7.97. The standard InChI is InChI=1S/C18H24F2N4OS/c1-12-14(5-21-15(22-12)16(2,19)20)26-24-8-18(9-24)6-23(7-18)13-3-17(4-13)10-25-11-17/h5,13H,3-4,6-11H2,1-2H3. The Hall–Kier alpha value is -0.830. The van der Waals surface area contributed by atoms with Crippen LogP contribution >= 0.6 is 11.9 Å². The molecule has 142 valence electrons. The molecule has 4 fully saturated rings. The second-order valence-electron chi connectivity index (χ2n) is 8.88. The highest BCUT2D eigenvalue weighted by Gasteiger charge is 2.58. The molecule has 1 saturated carbocycles. The van der Waals surface area contributed by atoms with Crippen molar-refractivity contribution < 1.29 is 13.5 Å². The first kappa shape index (κ1) is 17.3. The van der Waals surface area contributed by atoms with E-state index in [2.05, 4.69) is 19.2 Å². The van der Waals surface area contributed by atoms with E-state index in [1.807, 2.05) is 0 Å². The van der Waals surface area contributed by atoms with E-state index < -0.39 is 11.7 Å². The summed E-state index contributed by atoms with van der Waals surface area (Å²) in [6.45, 7) is 9.05. The zero-order valence-electron chi connectivity index (χ0n) is 15.2. The lowest BCUT2D eigenvalue weighted by Crippen LogP contribution is -2.74. The molecule has 1 aromatic heterocycles. The maximum absolute atomic E-state index is 13.3. The molecular formula is C18H24F2N4OS. The van der Waals surface area contributed by atoms with Crippen LogP contribution < -0.4 is 0 Å². The van der Waals surface area contributed by atoms with Crippen molar-refractivity contribution in [2.24, 2.45) is 10.8 Å². The molecule has 1 aromatic rings. The molecule has 0 amide bonds. The van der Waals surface area contributed by atoms with Crippen LogP contribution in [0, 0.1) is 17.8 Å². The number of hydrogen-bond acceptors (Lipinski definition) is 6. The van der Waals surface area contributed by atoms with Crippen molar-refractivity contribution in [1.29, 1.82) is 0 Å². The normalized spacial score (nSPS) is 27.7. The number of rotatable bonds is 4. The van der Waals surface area contributed by atoms with Gasteiger partial charge in [-0.15, -0.1) is 0 Å². The van der Waals surface area contributed by atoms with Gasteiger partial charge in [-0.3, -0.25) is 4.90 Å². The first-order valence-electron chi connectivity index (χ1n) is 9.23. The molecule has 26 heavy (non-hydrogen) atoms. The summed E-state index contributed by atoms with van der Waals surface area (Å²) in [4.78, 5) is 11.3. The van der Waals surface area contributed by atoms with Crippen LogP contribution in [0.1, 0.15) is 31.3 Å². The molecule has 4 heterocycles. The topological polar surface area (TPSA) is 41.5 Å². The van der Waals surface area contributed by atoms with Crippen molar-refractivity contribution in [1.82, 2.24) is 19.2 Å². The van der Waals surface area contributed by atoms with Crippen LogP contribution in [0.25, 0.3) is 0 Å².